The highest BCUT2D eigenvalue weighted by Crippen LogP contribution is 2.39. The summed E-state index contributed by atoms with van der Waals surface area (Å²) in [5, 5.41) is 11.9. The maximum Gasteiger partial charge on any atom is 0.240 e. The summed E-state index contributed by atoms with van der Waals surface area (Å²) < 4.78 is 12.9. The molecule has 35 heavy (non-hydrogen) atoms. The van der Waals surface area contributed by atoms with Gasteiger partial charge in [0.25, 0.3) is 0 Å². The molecule has 5 rings (SSSR count). The Kier molecular flexibility index (Phi) is 6.58. The average molecular weight is 488 g/mol. The topological polar surface area (TPSA) is 90.3 Å². The van der Waals surface area contributed by atoms with E-state index in [0.717, 1.165) is 16.9 Å². The minimum atomic E-state index is -0.516. The number of hydrogen-bond acceptors (Lipinski definition) is 7. The summed E-state index contributed by atoms with van der Waals surface area (Å²) in [6, 6.07) is 24.6. The number of nitrogens with zero attached hydrogens (tertiary/aromatic N) is 3. The fraction of sp³-hybridized carbons (Fsp3) is 0.192. The number of benzene rings is 3. The van der Waals surface area contributed by atoms with Crippen LogP contribution in [0.25, 0.3) is 11.4 Å². The summed E-state index contributed by atoms with van der Waals surface area (Å²) in [5.74, 6) is 1.90. The van der Waals surface area contributed by atoms with Crippen LogP contribution in [0, 0.1) is 0 Å². The Bertz CT molecular complexity index is 1310. The van der Waals surface area contributed by atoms with Crippen molar-refractivity contribution < 1.29 is 14.3 Å². The summed E-state index contributed by atoms with van der Waals surface area (Å²) in [6.45, 7) is 2.54. The van der Waals surface area contributed by atoms with Crippen LogP contribution in [0.4, 0.5) is 5.69 Å². The third kappa shape index (κ3) is 4.67. The van der Waals surface area contributed by atoms with E-state index in [0.29, 0.717) is 29.0 Å². The first-order chi connectivity index (χ1) is 17.2. The number of aromatic nitrogens is 3. The minimum Gasteiger partial charge on any atom is -0.495 e. The third-order valence-electron chi connectivity index (χ3n) is 5.64. The Hall–Kier alpha value is -3.98. The molecule has 2 N–H and O–H groups in total. The number of carbonyl (C=O) groups is 1. The van der Waals surface area contributed by atoms with E-state index >= 15 is 0 Å². The number of fused-ring (bicyclic) bond motifs is 1. The second-order valence-corrected chi connectivity index (χ2v) is 8.95. The van der Waals surface area contributed by atoms with Gasteiger partial charge in [-0.05, 0) is 36.8 Å². The Morgan fingerprint density at radius 3 is 2.51 bits per heavy atom. The lowest BCUT2D eigenvalue weighted by Gasteiger charge is -2.33. The molecule has 2 heterocycles. The van der Waals surface area contributed by atoms with Crippen molar-refractivity contribution in [1.29, 1.82) is 0 Å². The van der Waals surface area contributed by atoms with Crippen molar-refractivity contribution >= 4 is 23.4 Å². The van der Waals surface area contributed by atoms with E-state index in [1.165, 1.54) is 11.8 Å². The van der Waals surface area contributed by atoms with Gasteiger partial charge in [0.15, 0.2) is 5.82 Å². The SMILES string of the molecule is CCOc1ccc([C@H]2Nn3c(nnc3-c3ccccc3)S[C@@H]2C(=O)Nc2ccccc2OC)cc1. The highest BCUT2D eigenvalue weighted by molar-refractivity contribution is 8.00. The van der Waals surface area contributed by atoms with Gasteiger partial charge in [0, 0.05) is 5.56 Å². The first kappa shape index (κ1) is 22.8. The normalized spacial score (nSPS) is 16.6. The van der Waals surface area contributed by atoms with E-state index in [4.69, 9.17) is 9.47 Å². The molecule has 1 aliphatic rings. The molecule has 1 amide bonds. The molecule has 0 spiro atoms. The predicted octanol–water partition coefficient (Wildman–Crippen LogP) is 4.75. The quantitative estimate of drug-likeness (QED) is 0.389. The van der Waals surface area contributed by atoms with Gasteiger partial charge in [-0.3, -0.25) is 4.79 Å². The predicted molar refractivity (Wildman–Crippen MR) is 136 cm³/mol. The molecule has 3 aromatic carbocycles. The first-order valence-electron chi connectivity index (χ1n) is 11.3. The molecule has 0 saturated carbocycles. The van der Waals surface area contributed by atoms with Crippen molar-refractivity contribution in [2.24, 2.45) is 0 Å². The van der Waals surface area contributed by atoms with E-state index < -0.39 is 5.25 Å². The molecule has 1 aliphatic heterocycles. The van der Waals surface area contributed by atoms with Gasteiger partial charge in [0.1, 0.15) is 16.7 Å². The highest BCUT2D eigenvalue weighted by Gasteiger charge is 2.38. The van der Waals surface area contributed by atoms with Crippen molar-refractivity contribution in [3.8, 4) is 22.9 Å². The van der Waals surface area contributed by atoms with Gasteiger partial charge in [0.05, 0.1) is 25.4 Å². The molecule has 2 atom stereocenters. The van der Waals surface area contributed by atoms with Gasteiger partial charge >= 0.3 is 0 Å². The van der Waals surface area contributed by atoms with Crippen molar-refractivity contribution in [2.45, 2.75) is 23.4 Å². The van der Waals surface area contributed by atoms with Crippen molar-refractivity contribution in [2.75, 3.05) is 24.5 Å². The fourth-order valence-electron chi connectivity index (χ4n) is 3.97. The van der Waals surface area contributed by atoms with Crippen LogP contribution in [0.15, 0.2) is 84.0 Å². The molecule has 0 fully saturated rings. The summed E-state index contributed by atoms with van der Waals surface area (Å²) in [7, 11) is 1.58. The van der Waals surface area contributed by atoms with E-state index in [-0.39, 0.29) is 11.9 Å². The van der Waals surface area contributed by atoms with Crippen LogP contribution in [0.5, 0.6) is 11.5 Å². The van der Waals surface area contributed by atoms with Gasteiger partial charge in [0.2, 0.25) is 11.1 Å². The average Bonchev–Trinajstić information content (AvgIpc) is 3.32. The largest absolute Gasteiger partial charge is 0.495 e. The van der Waals surface area contributed by atoms with Crippen molar-refractivity contribution in [3.63, 3.8) is 0 Å². The zero-order valence-corrected chi connectivity index (χ0v) is 20.2. The third-order valence-corrected chi connectivity index (χ3v) is 6.86. The molecule has 0 bridgehead atoms. The molecular weight excluding hydrogens is 462 g/mol. The number of ether oxygens (including phenoxy) is 2. The van der Waals surface area contributed by atoms with Gasteiger partial charge in [-0.15, -0.1) is 10.2 Å². The molecule has 1 aromatic heterocycles. The molecule has 178 valence electrons. The van der Waals surface area contributed by atoms with Crippen LogP contribution < -0.4 is 20.2 Å². The Labute approximate surface area is 207 Å². The van der Waals surface area contributed by atoms with E-state index in [9.17, 15) is 4.79 Å². The number of rotatable bonds is 7. The number of carbonyl (C=O) groups excluding carboxylic acids is 1. The zero-order chi connectivity index (χ0) is 24.2. The molecule has 0 unspecified atom stereocenters. The summed E-state index contributed by atoms with van der Waals surface area (Å²) in [4.78, 5) is 13.6. The standard InChI is InChI=1S/C26H25N5O3S/c1-3-34-19-15-13-17(14-16-19)22-23(25(32)27-20-11-7-8-12-21(20)33-2)35-26-29-28-24(31(26)30-22)18-9-5-4-6-10-18/h4-16,22-23,30H,3H2,1-2H3,(H,27,32)/t22-,23+/m1/s1. The summed E-state index contributed by atoms with van der Waals surface area (Å²) >= 11 is 1.37. The van der Waals surface area contributed by atoms with Gasteiger partial charge in [-0.25, -0.2) is 4.68 Å². The van der Waals surface area contributed by atoms with Crippen molar-refractivity contribution in [1.82, 2.24) is 14.9 Å². The van der Waals surface area contributed by atoms with Crippen LogP contribution >= 0.6 is 11.8 Å². The maximum absolute atomic E-state index is 13.6. The molecule has 9 heteroatoms. The minimum absolute atomic E-state index is 0.165. The van der Waals surface area contributed by atoms with E-state index in [1.807, 2.05) is 90.5 Å². The second-order valence-electron chi connectivity index (χ2n) is 7.84. The summed E-state index contributed by atoms with van der Waals surface area (Å²) in [6.07, 6.45) is 0. The Morgan fingerprint density at radius 2 is 1.77 bits per heavy atom. The number of thioether (sulfide) groups is 1. The number of amides is 1. The second kappa shape index (κ2) is 10.1. The lowest BCUT2D eigenvalue weighted by molar-refractivity contribution is -0.116. The number of para-hydroxylation sites is 2. The van der Waals surface area contributed by atoms with E-state index in [2.05, 4.69) is 20.9 Å². The first-order valence-corrected chi connectivity index (χ1v) is 12.2. The van der Waals surface area contributed by atoms with Crippen LogP contribution in [0.1, 0.15) is 18.5 Å². The Morgan fingerprint density at radius 1 is 1.03 bits per heavy atom. The van der Waals surface area contributed by atoms with Crippen LogP contribution in [0.2, 0.25) is 0 Å². The molecule has 0 aliphatic carbocycles. The molecular formula is C26H25N5O3S. The number of hydrogen-bond donors (Lipinski definition) is 2. The van der Waals surface area contributed by atoms with E-state index in [1.54, 1.807) is 7.11 Å². The highest BCUT2D eigenvalue weighted by atomic mass is 32.2. The Balaban J connectivity index is 1.50. The van der Waals surface area contributed by atoms with Gasteiger partial charge in [-0.1, -0.05) is 66.4 Å². The van der Waals surface area contributed by atoms with Crippen molar-refractivity contribution in [3.05, 3.63) is 84.4 Å². The molecule has 0 saturated heterocycles. The summed E-state index contributed by atoms with van der Waals surface area (Å²) in [5.41, 5.74) is 5.99. The molecule has 4 aromatic rings. The number of nitrogens with one attached hydrogen (secondary N) is 2. The maximum atomic E-state index is 13.6. The van der Waals surface area contributed by atoms with Crippen LogP contribution in [0.3, 0.4) is 0 Å². The number of methoxy groups -OCH3 is 1. The fourth-order valence-corrected chi connectivity index (χ4v) is 5.05. The van der Waals surface area contributed by atoms with Gasteiger partial charge < -0.3 is 20.2 Å². The van der Waals surface area contributed by atoms with Crippen LogP contribution in [-0.4, -0.2) is 39.7 Å². The van der Waals surface area contributed by atoms with Crippen LogP contribution in [-0.2, 0) is 4.79 Å². The van der Waals surface area contributed by atoms with Gasteiger partial charge in [-0.2, -0.15) is 0 Å². The number of anilines is 1. The lowest BCUT2D eigenvalue weighted by atomic mass is 10.0. The molecule has 8 nitrogen and oxygen atoms in total. The smallest absolute Gasteiger partial charge is 0.240 e. The lowest BCUT2D eigenvalue weighted by Crippen LogP contribution is -2.41. The molecule has 0 radical (unpaired) electrons. The monoisotopic (exact) mass is 487 g/mol. The zero-order valence-electron chi connectivity index (χ0n) is 19.3.